The zero-order valence-electron chi connectivity index (χ0n) is 23.5. The molecule has 1 aliphatic heterocycles. The zero-order valence-corrected chi connectivity index (χ0v) is 23.5. The quantitative estimate of drug-likeness (QED) is 0.323. The first kappa shape index (κ1) is 28.9. The molecular weight excluding hydrogens is 452 g/mol. The third-order valence-electron chi connectivity index (χ3n) is 8.72. The normalized spacial score (nSPS) is 18.5. The Balaban J connectivity index is 1.50. The summed E-state index contributed by atoms with van der Waals surface area (Å²) in [6, 6.07) is 26.1. The molecule has 37 heavy (non-hydrogen) atoms. The first-order chi connectivity index (χ1) is 17.9. The van der Waals surface area contributed by atoms with Crippen molar-refractivity contribution in [1.29, 1.82) is 10.5 Å². The van der Waals surface area contributed by atoms with E-state index in [9.17, 15) is 10.5 Å². The first-order valence-electron chi connectivity index (χ1n) is 14.3. The molecule has 1 fully saturated rings. The number of benzene rings is 2. The molecule has 0 N–H and O–H groups in total. The molecule has 2 aromatic rings. The van der Waals surface area contributed by atoms with Gasteiger partial charge in [-0.25, -0.2) is 0 Å². The highest BCUT2D eigenvalue weighted by molar-refractivity contribution is 5.34. The summed E-state index contributed by atoms with van der Waals surface area (Å²) in [7, 11) is 0. The molecule has 4 heteroatoms. The van der Waals surface area contributed by atoms with E-state index in [1.165, 1.54) is 6.42 Å². The molecule has 2 aromatic carbocycles. The summed E-state index contributed by atoms with van der Waals surface area (Å²) in [5, 5.41) is 20.4. The van der Waals surface area contributed by atoms with Crippen molar-refractivity contribution in [3.8, 4) is 12.1 Å². The molecule has 2 atom stereocenters. The molecule has 1 saturated heterocycles. The molecular formula is C33H46N4. The van der Waals surface area contributed by atoms with Gasteiger partial charge in [0, 0.05) is 13.1 Å². The Labute approximate surface area is 225 Å². The van der Waals surface area contributed by atoms with E-state index >= 15 is 0 Å². The van der Waals surface area contributed by atoms with E-state index in [1.807, 2.05) is 12.1 Å². The fraction of sp³-hybridized carbons (Fsp3) is 0.576. The van der Waals surface area contributed by atoms with Gasteiger partial charge in [-0.1, -0.05) is 88.4 Å². The summed E-state index contributed by atoms with van der Waals surface area (Å²) in [6.07, 6.45) is 5.05. The predicted octanol–water partition coefficient (Wildman–Crippen LogP) is 6.79. The van der Waals surface area contributed by atoms with Gasteiger partial charge in [0.25, 0.3) is 0 Å². The molecule has 0 aromatic heterocycles. The van der Waals surface area contributed by atoms with Gasteiger partial charge in [0.1, 0.15) is 0 Å². The molecule has 0 bridgehead atoms. The van der Waals surface area contributed by atoms with Gasteiger partial charge in [-0.15, -0.1) is 0 Å². The minimum atomic E-state index is -0.415. The van der Waals surface area contributed by atoms with Gasteiger partial charge in [-0.3, -0.25) is 0 Å². The van der Waals surface area contributed by atoms with Gasteiger partial charge in [-0.2, -0.15) is 10.5 Å². The molecule has 0 saturated carbocycles. The van der Waals surface area contributed by atoms with Gasteiger partial charge < -0.3 is 9.80 Å². The van der Waals surface area contributed by atoms with Gasteiger partial charge in [0.05, 0.1) is 23.0 Å². The average molecular weight is 499 g/mol. The summed E-state index contributed by atoms with van der Waals surface area (Å²) >= 11 is 0. The molecule has 0 radical (unpaired) electrons. The highest BCUT2D eigenvalue weighted by Gasteiger charge is 2.36. The van der Waals surface area contributed by atoms with Crippen molar-refractivity contribution in [2.75, 3.05) is 39.3 Å². The van der Waals surface area contributed by atoms with Crippen LogP contribution in [-0.2, 0) is 10.8 Å². The van der Waals surface area contributed by atoms with Crippen molar-refractivity contribution in [2.24, 2.45) is 11.8 Å². The van der Waals surface area contributed by atoms with Crippen LogP contribution in [0.3, 0.4) is 0 Å². The SMILES string of the molecule is CC(C)C(C#N)(CCCN1CCCN(CCCC(C#N)(c2ccccc2)C(C)C)CC1)c1ccccc1. The summed E-state index contributed by atoms with van der Waals surface area (Å²) in [6.45, 7) is 15.2. The highest BCUT2D eigenvalue weighted by atomic mass is 15.2. The van der Waals surface area contributed by atoms with Crippen LogP contribution in [0.15, 0.2) is 60.7 Å². The lowest BCUT2D eigenvalue weighted by Gasteiger charge is -2.32. The minimum Gasteiger partial charge on any atom is -0.302 e. The number of hydrogen-bond acceptors (Lipinski definition) is 4. The lowest BCUT2D eigenvalue weighted by Crippen LogP contribution is -2.35. The smallest absolute Gasteiger partial charge is 0.0845 e. The maximum Gasteiger partial charge on any atom is 0.0845 e. The third-order valence-corrected chi connectivity index (χ3v) is 8.72. The summed E-state index contributed by atoms with van der Waals surface area (Å²) < 4.78 is 0. The van der Waals surface area contributed by atoms with E-state index in [1.54, 1.807) is 0 Å². The molecule has 1 heterocycles. The Bertz CT molecular complexity index is 936. The molecule has 198 valence electrons. The summed E-state index contributed by atoms with van der Waals surface area (Å²) in [4.78, 5) is 5.18. The number of nitrogens with zero attached hydrogens (tertiary/aromatic N) is 4. The number of rotatable bonds is 12. The highest BCUT2D eigenvalue weighted by Crippen LogP contribution is 2.37. The Hall–Kier alpha value is -2.66. The van der Waals surface area contributed by atoms with Crippen molar-refractivity contribution in [3.05, 3.63) is 71.8 Å². The van der Waals surface area contributed by atoms with Crippen LogP contribution < -0.4 is 0 Å². The molecule has 3 rings (SSSR count). The minimum absolute atomic E-state index is 0.279. The summed E-state index contributed by atoms with van der Waals surface area (Å²) in [5.41, 5.74) is 1.48. The van der Waals surface area contributed by atoms with Crippen LogP contribution in [0.1, 0.15) is 70.9 Å². The second-order valence-electron chi connectivity index (χ2n) is 11.5. The third kappa shape index (κ3) is 7.01. The van der Waals surface area contributed by atoms with Crippen molar-refractivity contribution in [2.45, 2.75) is 70.6 Å². The van der Waals surface area contributed by atoms with Crippen LogP contribution in [0, 0.1) is 34.5 Å². The van der Waals surface area contributed by atoms with Crippen molar-refractivity contribution < 1.29 is 0 Å². The van der Waals surface area contributed by atoms with E-state index in [4.69, 9.17) is 0 Å². The topological polar surface area (TPSA) is 54.1 Å². The van der Waals surface area contributed by atoms with Crippen LogP contribution in [-0.4, -0.2) is 49.1 Å². The van der Waals surface area contributed by atoms with Gasteiger partial charge in [0.2, 0.25) is 0 Å². The molecule has 2 unspecified atom stereocenters. The van der Waals surface area contributed by atoms with Crippen LogP contribution in [0.2, 0.25) is 0 Å². The van der Waals surface area contributed by atoms with E-state index in [2.05, 4.69) is 98.2 Å². The Kier molecular flexibility index (Phi) is 10.7. The Morgan fingerprint density at radius 1 is 0.649 bits per heavy atom. The average Bonchev–Trinajstić information content (AvgIpc) is 3.15. The summed E-state index contributed by atoms with van der Waals surface area (Å²) in [5.74, 6) is 0.559. The fourth-order valence-corrected chi connectivity index (χ4v) is 6.14. The number of nitriles is 2. The molecule has 0 aliphatic carbocycles. The maximum absolute atomic E-state index is 10.2. The zero-order chi connectivity index (χ0) is 26.7. The number of hydrogen-bond donors (Lipinski definition) is 0. The van der Waals surface area contributed by atoms with Crippen LogP contribution in [0.4, 0.5) is 0 Å². The van der Waals surface area contributed by atoms with E-state index in [-0.39, 0.29) is 11.8 Å². The predicted molar refractivity (Wildman–Crippen MR) is 153 cm³/mol. The maximum atomic E-state index is 10.2. The largest absolute Gasteiger partial charge is 0.302 e. The van der Waals surface area contributed by atoms with Gasteiger partial charge in [-0.05, 0) is 81.2 Å². The van der Waals surface area contributed by atoms with E-state index in [0.29, 0.717) is 0 Å². The van der Waals surface area contributed by atoms with Gasteiger partial charge >= 0.3 is 0 Å². The van der Waals surface area contributed by atoms with Crippen molar-refractivity contribution >= 4 is 0 Å². The lowest BCUT2D eigenvalue weighted by molar-refractivity contribution is 0.236. The molecule has 0 amide bonds. The van der Waals surface area contributed by atoms with Crippen LogP contribution >= 0.6 is 0 Å². The van der Waals surface area contributed by atoms with E-state index < -0.39 is 10.8 Å². The lowest BCUT2D eigenvalue weighted by atomic mass is 9.70. The second kappa shape index (κ2) is 13.8. The molecule has 0 spiro atoms. The van der Waals surface area contributed by atoms with Crippen LogP contribution in [0.5, 0.6) is 0 Å². The van der Waals surface area contributed by atoms with Crippen molar-refractivity contribution in [1.82, 2.24) is 9.80 Å². The molecule has 4 nitrogen and oxygen atoms in total. The van der Waals surface area contributed by atoms with Gasteiger partial charge in [0.15, 0.2) is 0 Å². The monoisotopic (exact) mass is 498 g/mol. The first-order valence-corrected chi connectivity index (χ1v) is 14.3. The second-order valence-corrected chi connectivity index (χ2v) is 11.5. The van der Waals surface area contributed by atoms with Crippen LogP contribution in [0.25, 0.3) is 0 Å². The van der Waals surface area contributed by atoms with Crippen molar-refractivity contribution in [3.63, 3.8) is 0 Å². The Morgan fingerprint density at radius 3 is 1.35 bits per heavy atom. The fourth-order valence-electron chi connectivity index (χ4n) is 6.14. The Morgan fingerprint density at radius 2 is 1.03 bits per heavy atom. The molecule has 1 aliphatic rings. The standard InChI is InChI=1S/C33H46N4/c1-28(2)32(26-34,30-14-7-5-8-15-30)18-11-20-36-22-13-23-37(25-24-36)21-12-19-33(27-35,29(3)4)31-16-9-6-10-17-31/h5-10,14-17,28-29H,11-13,18-25H2,1-4H3. The van der Waals surface area contributed by atoms with E-state index in [0.717, 1.165) is 76.1 Å².